The quantitative estimate of drug-likeness (QED) is 0.325. The van der Waals surface area contributed by atoms with Gasteiger partial charge in [0, 0.05) is 30.9 Å². The van der Waals surface area contributed by atoms with Gasteiger partial charge in [-0.2, -0.15) is 5.11 Å². The number of azo groups is 1. The molecule has 0 saturated carbocycles. The fourth-order valence-corrected chi connectivity index (χ4v) is 2.57. The molecular formula is C18H18N4O5. The van der Waals surface area contributed by atoms with Gasteiger partial charge in [0.15, 0.2) is 0 Å². The summed E-state index contributed by atoms with van der Waals surface area (Å²) in [6.45, 7) is 4.55. The largest absolute Gasteiger partial charge is 0.478 e. The highest BCUT2D eigenvalue weighted by molar-refractivity contribution is 5.94. The van der Waals surface area contributed by atoms with Gasteiger partial charge in [-0.1, -0.05) is 0 Å². The molecule has 9 nitrogen and oxygen atoms in total. The van der Waals surface area contributed by atoms with E-state index < -0.39 is 10.9 Å². The molecule has 9 heteroatoms. The van der Waals surface area contributed by atoms with Crippen molar-refractivity contribution >= 4 is 28.7 Å². The Bertz CT molecular complexity index is 878. The van der Waals surface area contributed by atoms with E-state index in [9.17, 15) is 20.0 Å². The third kappa shape index (κ3) is 4.64. The van der Waals surface area contributed by atoms with Crippen LogP contribution < -0.4 is 4.90 Å². The summed E-state index contributed by atoms with van der Waals surface area (Å²) in [6.07, 6.45) is 0.292. The number of aromatic carboxylic acids is 1. The highest BCUT2D eigenvalue weighted by Gasteiger charge is 2.25. The lowest BCUT2D eigenvalue weighted by atomic mass is 10.1. The highest BCUT2D eigenvalue weighted by atomic mass is 16.6. The highest BCUT2D eigenvalue weighted by Crippen LogP contribution is 2.28. The first-order valence-electron chi connectivity index (χ1n) is 8.38. The van der Waals surface area contributed by atoms with Crippen LogP contribution in [0, 0.1) is 10.1 Å². The lowest BCUT2D eigenvalue weighted by Crippen LogP contribution is -2.27. The van der Waals surface area contributed by atoms with E-state index in [-0.39, 0.29) is 16.9 Å². The molecule has 0 aliphatic carbocycles. The Kier molecular flexibility index (Phi) is 5.41. The molecule has 27 heavy (non-hydrogen) atoms. The number of hydrogen-bond acceptors (Lipinski definition) is 7. The number of carboxylic acid groups (broad SMARTS) is 1. The summed E-state index contributed by atoms with van der Waals surface area (Å²) in [6, 6.07) is 10.8. The van der Waals surface area contributed by atoms with Gasteiger partial charge in [-0.25, -0.2) is 4.79 Å². The minimum absolute atomic E-state index is 0.0539. The molecule has 1 aliphatic heterocycles. The Balaban J connectivity index is 1.77. The predicted octanol–water partition coefficient (Wildman–Crippen LogP) is 3.93. The van der Waals surface area contributed by atoms with Crippen molar-refractivity contribution < 1.29 is 19.6 Å². The zero-order chi connectivity index (χ0) is 19.4. The summed E-state index contributed by atoms with van der Waals surface area (Å²) in [5, 5.41) is 28.0. The third-order valence-electron chi connectivity index (χ3n) is 4.12. The second kappa shape index (κ2) is 7.92. The number of hydrogen-bond donors (Lipinski definition) is 1. The number of epoxide rings is 1. The second-order valence-electron chi connectivity index (χ2n) is 5.97. The molecule has 0 bridgehead atoms. The first-order chi connectivity index (χ1) is 13.0. The molecular weight excluding hydrogens is 352 g/mol. The van der Waals surface area contributed by atoms with Gasteiger partial charge >= 0.3 is 5.97 Å². The second-order valence-corrected chi connectivity index (χ2v) is 5.97. The lowest BCUT2D eigenvalue weighted by Gasteiger charge is -2.22. The number of carbonyl (C=O) groups is 1. The van der Waals surface area contributed by atoms with E-state index in [2.05, 4.69) is 22.1 Å². The van der Waals surface area contributed by atoms with Crippen LogP contribution >= 0.6 is 0 Å². The zero-order valence-electron chi connectivity index (χ0n) is 14.6. The fourth-order valence-electron chi connectivity index (χ4n) is 2.57. The Hall–Kier alpha value is -3.33. The summed E-state index contributed by atoms with van der Waals surface area (Å²) >= 11 is 0. The van der Waals surface area contributed by atoms with Gasteiger partial charge in [-0.3, -0.25) is 10.1 Å². The maximum atomic E-state index is 11.3. The van der Waals surface area contributed by atoms with Crippen molar-refractivity contribution in [1.29, 1.82) is 0 Å². The average molecular weight is 370 g/mol. The molecule has 2 aromatic carbocycles. The summed E-state index contributed by atoms with van der Waals surface area (Å²) in [5.74, 6) is -1.30. The standard InChI is InChI=1S/C18H18N4O5/c1-2-21(10-15-11-27-15)13-5-3-12(4-6-13)19-20-17-8-7-14(22(25)26)9-16(17)18(23)24/h3-9,15H,2,10-11H2,1H3,(H,23,24). The van der Waals surface area contributed by atoms with Crippen LogP contribution in [0.5, 0.6) is 0 Å². The maximum Gasteiger partial charge on any atom is 0.338 e. The predicted molar refractivity (Wildman–Crippen MR) is 98.3 cm³/mol. The number of nitrogens with zero attached hydrogens (tertiary/aromatic N) is 4. The maximum absolute atomic E-state index is 11.3. The van der Waals surface area contributed by atoms with E-state index in [0.717, 1.165) is 31.5 Å². The Morgan fingerprint density at radius 3 is 2.56 bits per heavy atom. The number of nitro groups is 1. The number of likely N-dealkylation sites (N-methyl/N-ethyl adjacent to an activating group) is 1. The van der Waals surface area contributed by atoms with E-state index in [1.807, 2.05) is 12.1 Å². The molecule has 1 heterocycles. The molecule has 2 aromatic rings. The van der Waals surface area contributed by atoms with Crippen LogP contribution in [0.2, 0.25) is 0 Å². The number of nitro benzene ring substituents is 1. The molecule has 0 aromatic heterocycles. The number of benzene rings is 2. The molecule has 3 rings (SSSR count). The zero-order valence-corrected chi connectivity index (χ0v) is 14.6. The number of non-ortho nitro benzene ring substituents is 1. The number of carboxylic acids is 1. The minimum Gasteiger partial charge on any atom is -0.478 e. The number of anilines is 1. The molecule has 1 atom stereocenters. The van der Waals surface area contributed by atoms with Crippen molar-refractivity contribution in [3.05, 3.63) is 58.1 Å². The smallest absolute Gasteiger partial charge is 0.338 e. The van der Waals surface area contributed by atoms with Gasteiger partial charge in [-0.05, 0) is 37.3 Å². The third-order valence-corrected chi connectivity index (χ3v) is 4.12. The van der Waals surface area contributed by atoms with Crippen molar-refractivity contribution in [2.24, 2.45) is 10.2 Å². The van der Waals surface area contributed by atoms with Crippen LogP contribution in [-0.2, 0) is 4.74 Å². The van der Waals surface area contributed by atoms with Gasteiger partial charge in [0.05, 0.1) is 28.9 Å². The molecule has 1 N–H and O–H groups in total. The van der Waals surface area contributed by atoms with E-state index in [1.54, 1.807) is 12.1 Å². The molecule has 1 aliphatic rings. The Morgan fingerprint density at radius 2 is 2.00 bits per heavy atom. The minimum atomic E-state index is -1.30. The van der Waals surface area contributed by atoms with Crippen molar-refractivity contribution in [1.82, 2.24) is 0 Å². The van der Waals surface area contributed by atoms with Gasteiger partial charge in [0.1, 0.15) is 5.69 Å². The monoisotopic (exact) mass is 370 g/mol. The lowest BCUT2D eigenvalue weighted by molar-refractivity contribution is -0.384. The van der Waals surface area contributed by atoms with Crippen molar-refractivity contribution in [2.75, 3.05) is 24.6 Å². The van der Waals surface area contributed by atoms with Gasteiger partial charge in [0.25, 0.3) is 5.69 Å². The number of ether oxygens (including phenoxy) is 1. The molecule has 1 saturated heterocycles. The molecule has 1 unspecified atom stereocenters. The van der Waals surface area contributed by atoms with Gasteiger partial charge in [-0.15, -0.1) is 5.11 Å². The molecule has 140 valence electrons. The van der Waals surface area contributed by atoms with E-state index in [4.69, 9.17) is 4.74 Å². The van der Waals surface area contributed by atoms with Crippen molar-refractivity contribution in [3.63, 3.8) is 0 Å². The summed E-state index contributed by atoms with van der Waals surface area (Å²) in [4.78, 5) is 23.6. The van der Waals surface area contributed by atoms with Gasteiger partial charge in [0.2, 0.25) is 0 Å². The summed E-state index contributed by atoms with van der Waals surface area (Å²) < 4.78 is 5.26. The Morgan fingerprint density at radius 1 is 1.30 bits per heavy atom. The summed E-state index contributed by atoms with van der Waals surface area (Å²) in [7, 11) is 0. The first kappa shape index (κ1) is 18.5. The topological polar surface area (TPSA) is 121 Å². The van der Waals surface area contributed by atoms with Crippen LogP contribution in [0.3, 0.4) is 0 Å². The van der Waals surface area contributed by atoms with E-state index >= 15 is 0 Å². The molecule has 1 fully saturated rings. The van der Waals surface area contributed by atoms with Crippen molar-refractivity contribution in [3.8, 4) is 0 Å². The van der Waals surface area contributed by atoms with Gasteiger partial charge < -0.3 is 14.7 Å². The number of rotatable bonds is 8. The van der Waals surface area contributed by atoms with Crippen LogP contribution in [0.15, 0.2) is 52.7 Å². The van der Waals surface area contributed by atoms with Crippen molar-refractivity contribution in [2.45, 2.75) is 13.0 Å². The van der Waals surface area contributed by atoms with Crippen LogP contribution in [0.1, 0.15) is 17.3 Å². The summed E-state index contributed by atoms with van der Waals surface area (Å²) in [5.41, 5.74) is 1.06. The van der Waals surface area contributed by atoms with Crippen LogP contribution in [0.4, 0.5) is 22.7 Å². The average Bonchev–Trinajstić information content (AvgIpc) is 3.49. The fraction of sp³-hybridized carbons (Fsp3) is 0.278. The van der Waals surface area contributed by atoms with Crippen LogP contribution in [-0.4, -0.2) is 41.8 Å². The molecule has 0 radical (unpaired) electrons. The Labute approximate surface area is 155 Å². The molecule has 0 spiro atoms. The SMILES string of the molecule is CCN(CC1CO1)c1ccc(N=Nc2ccc([N+](=O)[O-])cc2C(=O)O)cc1. The van der Waals surface area contributed by atoms with E-state index in [1.165, 1.54) is 12.1 Å². The first-order valence-corrected chi connectivity index (χ1v) is 8.38. The van der Waals surface area contributed by atoms with Crippen LogP contribution in [0.25, 0.3) is 0 Å². The van der Waals surface area contributed by atoms with E-state index in [0.29, 0.717) is 11.8 Å². The normalized spacial score (nSPS) is 15.7. The molecule has 0 amide bonds.